The molecule has 164 valence electrons. The van der Waals surface area contributed by atoms with Crippen LogP contribution in [0.3, 0.4) is 0 Å². The first-order valence-corrected chi connectivity index (χ1v) is 10.9. The summed E-state index contributed by atoms with van der Waals surface area (Å²) in [6, 6.07) is 2.94. The molecule has 2 aromatic heterocycles. The number of nitrogens with two attached hydrogens (primary N) is 1. The van der Waals surface area contributed by atoms with Gasteiger partial charge in [-0.15, -0.1) is 0 Å². The van der Waals surface area contributed by atoms with E-state index in [1.54, 1.807) is 6.20 Å². The maximum Gasteiger partial charge on any atom is 0.434 e. The molecule has 2 fully saturated rings. The number of fused-ring (bicyclic) bond motifs is 1. The SMILES string of the molecule is NC1CCOC12CCN(c1cnc3c(n1)CN=C3Sc1cccnc1C(F)(F)F)CC2. The summed E-state index contributed by atoms with van der Waals surface area (Å²) in [5, 5.41) is 0.426. The van der Waals surface area contributed by atoms with Crippen LogP contribution >= 0.6 is 11.8 Å². The molecule has 0 saturated carbocycles. The molecule has 0 aliphatic carbocycles. The van der Waals surface area contributed by atoms with Crippen molar-refractivity contribution >= 4 is 22.6 Å². The van der Waals surface area contributed by atoms with Gasteiger partial charge in [0, 0.05) is 36.8 Å². The predicted octanol–water partition coefficient (Wildman–Crippen LogP) is 3.03. The topological polar surface area (TPSA) is 89.5 Å². The van der Waals surface area contributed by atoms with Crippen molar-refractivity contribution in [2.75, 3.05) is 24.6 Å². The number of alkyl halides is 3. The fraction of sp³-hybridized carbons (Fsp3) is 0.500. The van der Waals surface area contributed by atoms with Crippen molar-refractivity contribution in [2.45, 2.75) is 48.5 Å². The zero-order chi connectivity index (χ0) is 21.6. The van der Waals surface area contributed by atoms with Gasteiger partial charge in [0.05, 0.1) is 24.0 Å². The van der Waals surface area contributed by atoms with E-state index in [4.69, 9.17) is 15.5 Å². The number of nitrogens with zero attached hydrogens (tertiary/aromatic N) is 5. The molecule has 2 N–H and O–H groups in total. The Morgan fingerprint density at radius 2 is 2.03 bits per heavy atom. The van der Waals surface area contributed by atoms with Gasteiger partial charge in [-0.1, -0.05) is 11.8 Å². The van der Waals surface area contributed by atoms with Crippen LogP contribution < -0.4 is 10.6 Å². The van der Waals surface area contributed by atoms with Crippen LogP contribution in [0.15, 0.2) is 34.4 Å². The van der Waals surface area contributed by atoms with Crippen molar-refractivity contribution in [1.82, 2.24) is 15.0 Å². The van der Waals surface area contributed by atoms with Crippen LogP contribution in [0.1, 0.15) is 36.3 Å². The second kappa shape index (κ2) is 7.72. The Morgan fingerprint density at radius 1 is 1.23 bits per heavy atom. The van der Waals surface area contributed by atoms with Crippen molar-refractivity contribution in [1.29, 1.82) is 0 Å². The molecule has 5 heterocycles. The van der Waals surface area contributed by atoms with Gasteiger partial charge in [0.25, 0.3) is 0 Å². The molecule has 3 aliphatic rings. The van der Waals surface area contributed by atoms with Crippen molar-refractivity contribution in [2.24, 2.45) is 10.7 Å². The number of hydrogen-bond acceptors (Lipinski definition) is 8. The Morgan fingerprint density at radius 3 is 2.74 bits per heavy atom. The fourth-order valence-electron chi connectivity index (χ4n) is 4.34. The van der Waals surface area contributed by atoms with Crippen LogP contribution in [-0.2, 0) is 17.5 Å². The van der Waals surface area contributed by atoms with E-state index in [2.05, 4.69) is 19.9 Å². The number of thioether (sulfide) groups is 1. The lowest BCUT2D eigenvalue weighted by molar-refractivity contribution is -0.143. The summed E-state index contributed by atoms with van der Waals surface area (Å²) in [6.45, 7) is 2.55. The number of aliphatic imine (C=N–C) groups is 1. The highest BCUT2D eigenvalue weighted by Gasteiger charge is 2.44. The van der Waals surface area contributed by atoms with Gasteiger partial charge in [0.15, 0.2) is 5.69 Å². The molecule has 1 spiro atoms. The second-order valence-electron chi connectivity index (χ2n) is 7.89. The van der Waals surface area contributed by atoms with Gasteiger partial charge in [-0.3, -0.25) is 9.98 Å². The molecule has 3 aliphatic heterocycles. The highest BCUT2D eigenvalue weighted by atomic mass is 32.2. The molecular weight excluding hydrogens is 429 g/mol. The van der Waals surface area contributed by atoms with E-state index in [9.17, 15) is 13.2 Å². The van der Waals surface area contributed by atoms with Crippen molar-refractivity contribution in [3.8, 4) is 0 Å². The number of piperidine rings is 1. The molecular formula is C20H21F3N6OS. The molecule has 2 saturated heterocycles. The van der Waals surface area contributed by atoms with Gasteiger partial charge in [0.2, 0.25) is 0 Å². The number of ether oxygens (including phenoxy) is 1. The van der Waals surface area contributed by atoms with Gasteiger partial charge < -0.3 is 15.4 Å². The van der Waals surface area contributed by atoms with Crippen LogP contribution in [0.2, 0.25) is 0 Å². The van der Waals surface area contributed by atoms with E-state index in [-0.39, 0.29) is 16.5 Å². The summed E-state index contributed by atoms with van der Waals surface area (Å²) in [5.41, 5.74) is 6.31. The van der Waals surface area contributed by atoms with E-state index in [0.29, 0.717) is 29.6 Å². The van der Waals surface area contributed by atoms with Crippen LogP contribution in [-0.4, -0.2) is 51.3 Å². The lowest BCUT2D eigenvalue weighted by Gasteiger charge is -2.41. The van der Waals surface area contributed by atoms with Gasteiger partial charge in [-0.05, 0) is 31.4 Å². The summed E-state index contributed by atoms with van der Waals surface area (Å²) in [5.74, 6) is 0.749. The molecule has 11 heteroatoms. The number of halogens is 3. The van der Waals surface area contributed by atoms with Crippen molar-refractivity contribution in [3.63, 3.8) is 0 Å². The van der Waals surface area contributed by atoms with Gasteiger partial charge in [-0.25, -0.2) is 9.97 Å². The third-order valence-electron chi connectivity index (χ3n) is 6.08. The van der Waals surface area contributed by atoms with Crippen molar-refractivity contribution < 1.29 is 17.9 Å². The quantitative estimate of drug-likeness (QED) is 0.752. The molecule has 5 rings (SSSR count). The molecule has 0 radical (unpaired) electrons. The summed E-state index contributed by atoms with van der Waals surface area (Å²) in [6.07, 6.45) is 0.844. The third-order valence-corrected chi connectivity index (χ3v) is 7.15. The summed E-state index contributed by atoms with van der Waals surface area (Å²) in [7, 11) is 0. The first-order chi connectivity index (χ1) is 14.9. The average Bonchev–Trinajstić information content (AvgIpc) is 3.31. The molecule has 0 amide bonds. The van der Waals surface area contributed by atoms with Gasteiger partial charge in [-0.2, -0.15) is 13.2 Å². The van der Waals surface area contributed by atoms with Crippen LogP contribution in [0.25, 0.3) is 0 Å². The van der Waals surface area contributed by atoms with E-state index >= 15 is 0 Å². The third kappa shape index (κ3) is 3.79. The lowest BCUT2D eigenvalue weighted by atomic mass is 9.85. The van der Waals surface area contributed by atoms with Crippen LogP contribution in [0.4, 0.5) is 19.0 Å². The second-order valence-corrected chi connectivity index (χ2v) is 8.92. The zero-order valence-electron chi connectivity index (χ0n) is 16.6. The molecule has 31 heavy (non-hydrogen) atoms. The summed E-state index contributed by atoms with van der Waals surface area (Å²) in [4.78, 5) is 19.2. The number of pyridine rings is 1. The average molecular weight is 450 g/mol. The molecule has 1 atom stereocenters. The van der Waals surface area contributed by atoms with E-state index in [1.807, 2.05) is 0 Å². The maximum atomic E-state index is 13.2. The van der Waals surface area contributed by atoms with E-state index < -0.39 is 11.9 Å². The number of hydrogen-bond donors (Lipinski definition) is 1. The first-order valence-electron chi connectivity index (χ1n) is 10.1. The van der Waals surface area contributed by atoms with E-state index in [0.717, 1.165) is 56.1 Å². The van der Waals surface area contributed by atoms with Crippen LogP contribution in [0.5, 0.6) is 0 Å². The summed E-state index contributed by atoms with van der Waals surface area (Å²) >= 11 is 0.923. The molecule has 7 nitrogen and oxygen atoms in total. The number of rotatable bonds is 2. The predicted molar refractivity (Wildman–Crippen MR) is 110 cm³/mol. The Kier molecular flexibility index (Phi) is 5.14. The standard InChI is InChI=1S/C20H21F3N6OS/c21-20(22,23)17-13(2-1-6-25-17)31-18-16-12(10-27-18)28-15(11-26-16)29-7-4-19(5-8-29)14(24)3-9-30-19/h1-2,6,11,14H,3-5,7-10,24H2. The molecule has 2 aromatic rings. The minimum Gasteiger partial charge on any atom is -0.373 e. The Bertz CT molecular complexity index is 1020. The zero-order valence-corrected chi connectivity index (χ0v) is 17.4. The molecule has 0 aromatic carbocycles. The molecule has 1 unspecified atom stereocenters. The monoisotopic (exact) mass is 450 g/mol. The maximum absolute atomic E-state index is 13.2. The number of aromatic nitrogens is 3. The van der Waals surface area contributed by atoms with Crippen LogP contribution in [0, 0.1) is 0 Å². The van der Waals surface area contributed by atoms with Crippen molar-refractivity contribution in [3.05, 3.63) is 41.6 Å². The lowest BCUT2D eigenvalue weighted by Crippen LogP contribution is -2.53. The highest BCUT2D eigenvalue weighted by molar-refractivity contribution is 8.14. The fourth-order valence-corrected chi connectivity index (χ4v) is 5.36. The Labute approximate surface area is 181 Å². The number of anilines is 1. The first kappa shape index (κ1) is 20.7. The Hall–Kier alpha value is -2.24. The molecule has 0 bridgehead atoms. The van der Waals surface area contributed by atoms with Gasteiger partial charge >= 0.3 is 6.18 Å². The smallest absolute Gasteiger partial charge is 0.373 e. The largest absolute Gasteiger partial charge is 0.434 e. The van der Waals surface area contributed by atoms with E-state index in [1.165, 1.54) is 12.1 Å². The highest BCUT2D eigenvalue weighted by Crippen LogP contribution is 2.39. The Balaban J connectivity index is 1.31. The van der Waals surface area contributed by atoms with Gasteiger partial charge in [0.1, 0.15) is 16.6 Å². The normalized spacial score (nSPS) is 22.6. The minimum atomic E-state index is -4.53. The summed E-state index contributed by atoms with van der Waals surface area (Å²) < 4.78 is 45.7. The minimum absolute atomic E-state index is 0.00158.